The fraction of sp³-hybridized carbons (Fsp3) is 0.211. The van der Waals surface area contributed by atoms with Crippen LogP contribution in [0.15, 0.2) is 54.7 Å². The molecule has 1 aliphatic rings. The van der Waals surface area contributed by atoms with E-state index in [0.717, 1.165) is 18.4 Å². The Labute approximate surface area is 155 Å². The monoisotopic (exact) mass is 370 g/mol. The number of carbonyl (C=O) groups is 1. The molecule has 1 aliphatic carbocycles. The smallest absolute Gasteiger partial charge is 0.276 e. The Balaban J connectivity index is 1.57. The Hall–Kier alpha value is -2.73. The Bertz CT molecular complexity index is 937. The minimum atomic E-state index is -0.291. The SMILES string of the molecule is O=C(c1cn(-c2ccccc2Cl)nn1)N(Cc1ccc(F)cc1)C1CC1. The molecular weight excluding hydrogens is 355 g/mol. The van der Waals surface area contributed by atoms with E-state index in [1.807, 2.05) is 18.2 Å². The van der Waals surface area contributed by atoms with Crippen LogP contribution in [0.2, 0.25) is 5.02 Å². The molecule has 0 spiro atoms. The number of carbonyl (C=O) groups excluding carboxylic acids is 1. The Morgan fingerprint density at radius 2 is 1.92 bits per heavy atom. The molecule has 0 bridgehead atoms. The first-order valence-electron chi connectivity index (χ1n) is 8.34. The maximum atomic E-state index is 13.1. The molecule has 0 unspecified atom stereocenters. The van der Waals surface area contributed by atoms with Crippen LogP contribution in [0.25, 0.3) is 5.69 Å². The van der Waals surface area contributed by atoms with E-state index in [9.17, 15) is 9.18 Å². The molecule has 1 saturated carbocycles. The van der Waals surface area contributed by atoms with Crippen molar-refractivity contribution in [2.75, 3.05) is 0 Å². The predicted molar refractivity (Wildman–Crippen MR) is 95.7 cm³/mol. The molecule has 0 radical (unpaired) electrons. The van der Waals surface area contributed by atoms with Gasteiger partial charge in [0.15, 0.2) is 5.69 Å². The average Bonchev–Trinajstić information content (AvgIpc) is 3.37. The standard InChI is InChI=1S/C19H16ClFN4O/c20-16-3-1-2-4-18(16)25-12-17(22-23-25)19(26)24(15-9-10-15)11-13-5-7-14(21)8-6-13/h1-8,12,15H,9-11H2. The van der Waals surface area contributed by atoms with Gasteiger partial charge in [-0.25, -0.2) is 9.07 Å². The lowest BCUT2D eigenvalue weighted by atomic mass is 10.2. The number of nitrogens with zero attached hydrogens (tertiary/aromatic N) is 4. The third-order valence-corrected chi connectivity index (χ3v) is 4.65. The van der Waals surface area contributed by atoms with Gasteiger partial charge in [-0.3, -0.25) is 4.79 Å². The first kappa shape index (κ1) is 16.7. The zero-order valence-corrected chi connectivity index (χ0v) is 14.6. The van der Waals surface area contributed by atoms with Crippen LogP contribution in [-0.4, -0.2) is 31.8 Å². The van der Waals surface area contributed by atoms with E-state index in [2.05, 4.69) is 10.3 Å². The van der Waals surface area contributed by atoms with Crippen LogP contribution in [0.4, 0.5) is 4.39 Å². The van der Waals surface area contributed by atoms with E-state index >= 15 is 0 Å². The molecule has 0 aliphatic heterocycles. The molecule has 0 N–H and O–H groups in total. The molecule has 0 saturated heterocycles. The quantitative estimate of drug-likeness (QED) is 0.685. The average molecular weight is 371 g/mol. The normalized spacial score (nSPS) is 13.6. The first-order chi connectivity index (χ1) is 12.6. The van der Waals surface area contributed by atoms with Gasteiger partial charge in [-0.2, -0.15) is 0 Å². The lowest BCUT2D eigenvalue weighted by Gasteiger charge is -2.21. The minimum Gasteiger partial charge on any atom is -0.330 e. The summed E-state index contributed by atoms with van der Waals surface area (Å²) in [6.45, 7) is 0.419. The molecule has 2 aromatic carbocycles. The third-order valence-electron chi connectivity index (χ3n) is 4.33. The highest BCUT2D eigenvalue weighted by Crippen LogP contribution is 2.30. The molecule has 132 valence electrons. The van der Waals surface area contributed by atoms with Gasteiger partial charge in [0.2, 0.25) is 0 Å². The van der Waals surface area contributed by atoms with Gasteiger partial charge in [0, 0.05) is 12.6 Å². The summed E-state index contributed by atoms with van der Waals surface area (Å²) in [6.07, 6.45) is 3.51. The summed E-state index contributed by atoms with van der Waals surface area (Å²) < 4.78 is 14.6. The van der Waals surface area contributed by atoms with E-state index < -0.39 is 0 Å². The second-order valence-corrected chi connectivity index (χ2v) is 6.70. The fourth-order valence-electron chi connectivity index (χ4n) is 2.80. The summed E-state index contributed by atoms with van der Waals surface area (Å²) in [4.78, 5) is 14.7. The van der Waals surface area contributed by atoms with Crippen molar-refractivity contribution in [2.24, 2.45) is 0 Å². The number of hydrogen-bond donors (Lipinski definition) is 0. The van der Waals surface area contributed by atoms with Gasteiger partial charge in [-0.15, -0.1) is 5.10 Å². The van der Waals surface area contributed by atoms with Gasteiger partial charge in [0.1, 0.15) is 5.82 Å². The molecule has 1 fully saturated rings. The summed E-state index contributed by atoms with van der Waals surface area (Å²) in [5.41, 5.74) is 1.81. The van der Waals surface area contributed by atoms with Crippen molar-refractivity contribution in [3.63, 3.8) is 0 Å². The van der Waals surface area contributed by atoms with Crippen LogP contribution in [-0.2, 0) is 6.54 Å². The Morgan fingerprint density at radius 1 is 1.19 bits per heavy atom. The molecule has 1 amide bonds. The summed E-state index contributed by atoms with van der Waals surface area (Å²) in [7, 11) is 0. The van der Waals surface area contributed by atoms with E-state index in [1.165, 1.54) is 16.8 Å². The largest absolute Gasteiger partial charge is 0.330 e. The molecular formula is C19H16ClFN4O. The van der Waals surface area contributed by atoms with Crippen molar-refractivity contribution in [2.45, 2.75) is 25.4 Å². The third kappa shape index (κ3) is 3.46. The minimum absolute atomic E-state index is 0.185. The van der Waals surface area contributed by atoms with Gasteiger partial charge in [0.05, 0.1) is 16.9 Å². The molecule has 1 aromatic heterocycles. The lowest BCUT2D eigenvalue weighted by molar-refractivity contribution is 0.0724. The fourth-order valence-corrected chi connectivity index (χ4v) is 3.03. The van der Waals surface area contributed by atoms with Crippen LogP contribution in [0.1, 0.15) is 28.9 Å². The van der Waals surface area contributed by atoms with Gasteiger partial charge >= 0.3 is 0 Å². The van der Waals surface area contributed by atoms with Gasteiger partial charge < -0.3 is 4.90 Å². The lowest BCUT2D eigenvalue weighted by Crippen LogP contribution is -2.32. The van der Waals surface area contributed by atoms with E-state index in [4.69, 9.17) is 11.6 Å². The summed E-state index contributed by atoms with van der Waals surface area (Å²) in [5.74, 6) is -0.476. The maximum absolute atomic E-state index is 13.1. The summed E-state index contributed by atoms with van der Waals surface area (Å²) in [6, 6.07) is 13.6. The van der Waals surface area contributed by atoms with E-state index in [-0.39, 0.29) is 23.5 Å². The van der Waals surface area contributed by atoms with Crippen molar-refractivity contribution < 1.29 is 9.18 Å². The van der Waals surface area contributed by atoms with Gasteiger partial charge in [-0.05, 0) is 42.7 Å². The zero-order chi connectivity index (χ0) is 18.1. The molecule has 5 nitrogen and oxygen atoms in total. The van der Waals surface area contributed by atoms with Gasteiger partial charge in [-0.1, -0.05) is 41.1 Å². The van der Waals surface area contributed by atoms with Crippen molar-refractivity contribution in [3.8, 4) is 5.69 Å². The predicted octanol–water partition coefficient (Wildman–Crippen LogP) is 3.86. The number of halogens is 2. The molecule has 7 heteroatoms. The van der Waals surface area contributed by atoms with E-state index in [0.29, 0.717) is 17.3 Å². The maximum Gasteiger partial charge on any atom is 0.276 e. The number of rotatable bonds is 5. The first-order valence-corrected chi connectivity index (χ1v) is 8.72. The number of amides is 1. The van der Waals surface area contributed by atoms with Crippen molar-refractivity contribution >= 4 is 17.5 Å². The topological polar surface area (TPSA) is 51.0 Å². The van der Waals surface area contributed by atoms with Crippen LogP contribution in [0.3, 0.4) is 0 Å². The molecule has 3 aromatic rings. The Kier molecular flexibility index (Phi) is 4.42. The molecule has 0 atom stereocenters. The molecule has 26 heavy (non-hydrogen) atoms. The zero-order valence-electron chi connectivity index (χ0n) is 13.8. The van der Waals surface area contributed by atoms with Gasteiger partial charge in [0.25, 0.3) is 5.91 Å². The van der Waals surface area contributed by atoms with Crippen LogP contribution >= 0.6 is 11.6 Å². The highest BCUT2D eigenvalue weighted by molar-refractivity contribution is 6.32. The van der Waals surface area contributed by atoms with Crippen molar-refractivity contribution in [3.05, 3.63) is 76.8 Å². The number of hydrogen-bond acceptors (Lipinski definition) is 3. The highest BCUT2D eigenvalue weighted by atomic mass is 35.5. The van der Waals surface area contributed by atoms with Crippen LogP contribution < -0.4 is 0 Å². The number of benzene rings is 2. The number of para-hydroxylation sites is 1. The second kappa shape index (κ2) is 6.88. The summed E-state index contributed by atoms with van der Waals surface area (Å²) in [5, 5.41) is 8.59. The van der Waals surface area contributed by atoms with E-state index in [1.54, 1.807) is 29.3 Å². The summed E-state index contributed by atoms with van der Waals surface area (Å²) >= 11 is 6.18. The highest BCUT2D eigenvalue weighted by Gasteiger charge is 2.34. The Morgan fingerprint density at radius 3 is 2.62 bits per heavy atom. The van der Waals surface area contributed by atoms with Crippen LogP contribution in [0, 0.1) is 5.82 Å². The molecule has 1 heterocycles. The van der Waals surface area contributed by atoms with Crippen LogP contribution in [0.5, 0.6) is 0 Å². The molecule has 4 rings (SSSR count). The van der Waals surface area contributed by atoms with Crippen molar-refractivity contribution in [1.82, 2.24) is 19.9 Å². The number of aromatic nitrogens is 3. The second-order valence-electron chi connectivity index (χ2n) is 6.29. The van der Waals surface area contributed by atoms with Crippen molar-refractivity contribution in [1.29, 1.82) is 0 Å².